The van der Waals surface area contributed by atoms with Crippen molar-refractivity contribution in [1.82, 2.24) is 4.90 Å². The minimum Gasteiger partial charge on any atom is -0.293 e. The highest BCUT2D eigenvalue weighted by Gasteiger charge is 2.37. The van der Waals surface area contributed by atoms with E-state index in [0.29, 0.717) is 0 Å². The Kier molecular flexibility index (Phi) is 0.977. The maximum atomic E-state index is 2.53. The monoisotopic (exact) mass is 145 g/mol. The second kappa shape index (κ2) is 1.86. The Hall–Kier alpha value is -0.820. The Bertz CT molecular complexity index is 264. The molecule has 1 aromatic rings. The van der Waals surface area contributed by atoms with Gasteiger partial charge in [0.1, 0.15) is 0 Å². The van der Waals surface area contributed by atoms with E-state index in [9.17, 15) is 0 Å². The Labute approximate surface area is 66.6 Å². The van der Waals surface area contributed by atoms with Gasteiger partial charge in [-0.05, 0) is 17.5 Å². The number of fused-ring (bicyclic) bond motifs is 2. The molecule has 1 saturated heterocycles. The zero-order chi connectivity index (χ0) is 7.26. The maximum absolute atomic E-state index is 2.53. The zero-order valence-electron chi connectivity index (χ0n) is 6.46. The van der Waals surface area contributed by atoms with Crippen LogP contribution in [0, 0.1) is 0 Å². The third-order valence-corrected chi connectivity index (χ3v) is 2.78. The molecule has 0 saturated carbocycles. The molecule has 0 radical (unpaired) electrons. The highest BCUT2D eigenvalue weighted by molar-refractivity contribution is 5.32. The van der Waals surface area contributed by atoms with Gasteiger partial charge in [0.2, 0.25) is 0 Å². The largest absolute Gasteiger partial charge is 0.293 e. The first kappa shape index (κ1) is 5.78. The van der Waals surface area contributed by atoms with Crippen LogP contribution in [0.25, 0.3) is 0 Å². The van der Waals surface area contributed by atoms with Crippen LogP contribution in [0.2, 0.25) is 0 Å². The molecule has 2 heterocycles. The smallest absolute Gasteiger partial charge is 0.0268 e. The third kappa shape index (κ3) is 0.809. The second-order valence-electron chi connectivity index (χ2n) is 3.56. The summed E-state index contributed by atoms with van der Waals surface area (Å²) in [7, 11) is 0. The van der Waals surface area contributed by atoms with Crippen LogP contribution in [-0.4, -0.2) is 17.5 Å². The van der Waals surface area contributed by atoms with Gasteiger partial charge in [-0.1, -0.05) is 24.3 Å². The summed E-state index contributed by atoms with van der Waals surface area (Å²) in [5, 5.41) is 0. The normalized spacial score (nSPS) is 32.4. The quantitative estimate of drug-likeness (QED) is 0.499. The summed E-state index contributed by atoms with van der Waals surface area (Å²) in [4.78, 5) is 2.53. The lowest BCUT2D eigenvalue weighted by molar-refractivity contribution is 0.474. The molecule has 2 aliphatic heterocycles. The van der Waals surface area contributed by atoms with Gasteiger partial charge >= 0.3 is 0 Å². The predicted octanol–water partition coefficient (Wildman–Crippen LogP) is 1.43. The summed E-state index contributed by atoms with van der Waals surface area (Å²) in [6, 6.07) is 9.71. The lowest BCUT2D eigenvalue weighted by Gasteiger charge is -2.15. The van der Waals surface area contributed by atoms with Crippen molar-refractivity contribution >= 4 is 0 Å². The molecule has 0 N–H and O–H groups in total. The first-order valence-electron chi connectivity index (χ1n) is 4.24. The van der Waals surface area contributed by atoms with E-state index >= 15 is 0 Å². The van der Waals surface area contributed by atoms with Gasteiger partial charge in [-0.2, -0.15) is 0 Å². The first-order valence-corrected chi connectivity index (χ1v) is 4.24. The average molecular weight is 145 g/mol. The number of rotatable bonds is 0. The van der Waals surface area contributed by atoms with Gasteiger partial charge in [0.25, 0.3) is 0 Å². The van der Waals surface area contributed by atoms with Gasteiger partial charge in [0.05, 0.1) is 0 Å². The summed E-state index contributed by atoms with van der Waals surface area (Å²) >= 11 is 0. The molecule has 2 aliphatic rings. The molecule has 0 spiro atoms. The number of nitrogens with zero attached hydrogens (tertiary/aromatic N) is 1. The van der Waals surface area contributed by atoms with Crippen LogP contribution in [0.1, 0.15) is 11.1 Å². The van der Waals surface area contributed by atoms with Crippen molar-refractivity contribution in [3.63, 3.8) is 0 Å². The van der Waals surface area contributed by atoms with Crippen molar-refractivity contribution in [3.05, 3.63) is 35.4 Å². The number of benzene rings is 1. The SMILES string of the molecule is c1ccc2c(c1)C[C@@H]1CN1C2. The summed E-state index contributed by atoms with van der Waals surface area (Å²) in [5.74, 6) is 0. The predicted molar refractivity (Wildman–Crippen MR) is 44.3 cm³/mol. The van der Waals surface area contributed by atoms with Gasteiger partial charge in [0, 0.05) is 19.1 Å². The zero-order valence-corrected chi connectivity index (χ0v) is 6.46. The molecular formula is C10H11N. The van der Waals surface area contributed by atoms with Crippen molar-refractivity contribution in [1.29, 1.82) is 0 Å². The highest BCUT2D eigenvalue weighted by Crippen LogP contribution is 2.31. The van der Waals surface area contributed by atoms with Gasteiger partial charge in [0.15, 0.2) is 0 Å². The summed E-state index contributed by atoms with van der Waals surface area (Å²) in [6.07, 6.45) is 1.29. The molecule has 1 fully saturated rings. The van der Waals surface area contributed by atoms with Crippen LogP contribution in [0.5, 0.6) is 0 Å². The Morgan fingerprint density at radius 1 is 1.18 bits per heavy atom. The van der Waals surface area contributed by atoms with Crippen molar-refractivity contribution in [3.8, 4) is 0 Å². The standard InChI is InChI=1S/C10H11N/c1-2-4-9-6-11-7-10(11)5-8(9)3-1/h1-4,10H,5-7H2/t10-,11?/m1/s1. The third-order valence-electron chi connectivity index (χ3n) is 2.78. The Morgan fingerprint density at radius 3 is 2.91 bits per heavy atom. The van der Waals surface area contributed by atoms with E-state index in [1.54, 1.807) is 11.1 Å². The lowest BCUT2D eigenvalue weighted by Crippen LogP contribution is -2.13. The van der Waals surface area contributed by atoms with Crippen molar-refractivity contribution in [2.75, 3.05) is 6.54 Å². The minimum atomic E-state index is 0.893. The van der Waals surface area contributed by atoms with E-state index in [-0.39, 0.29) is 0 Å². The molecule has 11 heavy (non-hydrogen) atoms. The Balaban J connectivity index is 2.07. The molecule has 1 nitrogen and oxygen atoms in total. The maximum Gasteiger partial charge on any atom is 0.0268 e. The van der Waals surface area contributed by atoms with Gasteiger partial charge in [-0.3, -0.25) is 4.90 Å². The van der Waals surface area contributed by atoms with E-state index in [0.717, 1.165) is 6.04 Å². The molecular weight excluding hydrogens is 134 g/mol. The lowest BCUT2D eigenvalue weighted by atomic mass is 10.0. The molecule has 0 amide bonds. The highest BCUT2D eigenvalue weighted by atomic mass is 15.3. The molecule has 1 heteroatoms. The Morgan fingerprint density at radius 2 is 2.00 bits per heavy atom. The van der Waals surface area contributed by atoms with Crippen LogP contribution >= 0.6 is 0 Å². The van der Waals surface area contributed by atoms with Crippen LogP contribution in [0.4, 0.5) is 0 Å². The van der Waals surface area contributed by atoms with Crippen molar-refractivity contribution in [2.24, 2.45) is 0 Å². The fraction of sp³-hybridized carbons (Fsp3) is 0.400. The minimum absolute atomic E-state index is 0.893. The fourth-order valence-electron chi connectivity index (χ4n) is 1.99. The summed E-state index contributed by atoms with van der Waals surface area (Å²) < 4.78 is 0. The topological polar surface area (TPSA) is 3.01 Å². The molecule has 1 aromatic carbocycles. The van der Waals surface area contributed by atoms with E-state index < -0.39 is 0 Å². The number of hydrogen-bond donors (Lipinski definition) is 0. The molecule has 3 rings (SSSR count). The average Bonchev–Trinajstić information content (AvgIpc) is 2.77. The molecule has 0 aromatic heterocycles. The molecule has 56 valence electrons. The van der Waals surface area contributed by atoms with Crippen molar-refractivity contribution < 1.29 is 0 Å². The van der Waals surface area contributed by atoms with E-state index in [1.165, 1.54) is 19.5 Å². The fourth-order valence-corrected chi connectivity index (χ4v) is 1.99. The molecule has 2 atom stereocenters. The number of hydrogen-bond acceptors (Lipinski definition) is 1. The molecule has 0 bridgehead atoms. The molecule has 1 unspecified atom stereocenters. The van der Waals surface area contributed by atoms with Gasteiger partial charge < -0.3 is 0 Å². The van der Waals surface area contributed by atoms with Crippen LogP contribution in [0.15, 0.2) is 24.3 Å². The van der Waals surface area contributed by atoms with Crippen LogP contribution < -0.4 is 0 Å². The first-order chi connectivity index (χ1) is 5.43. The van der Waals surface area contributed by atoms with Crippen LogP contribution in [-0.2, 0) is 13.0 Å². The van der Waals surface area contributed by atoms with Crippen LogP contribution in [0.3, 0.4) is 0 Å². The second-order valence-corrected chi connectivity index (χ2v) is 3.56. The molecule has 0 aliphatic carbocycles. The summed E-state index contributed by atoms with van der Waals surface area (Å²) in [6.45, 7) is 2.52. The van der Waals surface area contributed by atoms with Gasteiger partial charge in [-0.15, -0.1) is 0 Å². The van der Waals surface area contributed by atoms with Crippen molar-refractivity contribution in [2.45, 2.75) is 19.0 Å². The summed E-state index contributed by atoms with van der Waals surface area (Å²) in [5.41, 5.74) is 3.12. The van der Waals surface area contributed by atoms with E-state index in [4.69, 9.17) is 0 Å². The van der Waals surface area contributed by atoms with E-state index in [1.807, 2.05) is 0 Å². The van der Waals surface area contributed by atoms with Gasteiger partial charge in [-0.25, -0.2) is 0 Å². The van der Waals surface area contributed by atoms with E-state index in [2.05, 4.69) is 29.2 Å².